The van der Waals surface area contributed by atoms with Gasteiger partial charge in [-0.05, 0) is 29.3 Å². The Morgan fingerprint density at radius 2 is 2.29 bits per heavy atom. The van der Waals surface area contributed by atoms with Gasteiger partial charge in [0.15, 0.2) is 0 Å². The number of hydrogen-bond donors (Lipinski definition) is 1. The summed E-state index contributed by atoms with van der Waals surface area (Å²) in [4.78, 5) is 12.1. The molecule has 0 radical (unpaired) electrons. The van der Waals surface area contributed by atoms with E-state index in [1.807, 2.05) is 0 Å². The van der Waals surface area contributed by atoms with Crippen molar-refractivity contribution in [1.82, 2.24) is 0 Å². The predicted octanol–water partition coefficient (Wildman–Crippen LogP) is 0.969. The molecule has 0 aromatic heterocycles. The molecule has 6 heteroatoms. The highest BCUT2D eigenvalue weighted by Gasteiger charge is 2.15. The summed E-state index contributed by atoms with van der Waals surface area (Å²) in [5.74, 6) is 0.281. The molecule has 1 heterocycles. The summed E-state index contributed by atoms with van der Waals surface area (Å²) in [5.41, 5.74) is 0.577. The van der Waals surface area contributed by atoms with Crippen molar-refractivity contribution in [3.63, 3.8) is 0 Å². The van der Waals surface area contributed by atoms with Gasteiger partial charge in [0.1, 0.15) is 0 Å². The van der Waals surface area contributed by atoms with Crippen molar-refractivity contribution in [2.75, 3.05) is 11.1 Å². The molecule has 1 unspecified atom stereocenters. The monoisotopic (exact) mass is 228 g/mol. The first-order chi connectivity index (χ1) is 6.66. The standard InChI is InChI=1S/C8H7NO3S2/c10-8-4-13-7-2-1-5(14(11)12)3-6(7)9-8/h1-3H,4H2,(H,9,10)(H,11,12)/p-1. The number of nitrogens with one attached hydrogen (secondary N) is 1. The number of fused-ring (bicyclic) bond motifs is 1. The van der Waals surface area contributed by atoms with Gasteiger partial charge in [-0.1, -0.05) is 0 Å². The highest BCUT2D eigenvalue weighted by Crippen LogP contribution is 2.32. The van der Waals surface area contributed by atoms with Crippen LogP contribution in [0, 0.1) is 0 Å². The molecule has 1 aromatic carbocycles. The molecule has 0 spiro atoms. The molecule has 1 amide bonds. The van der Waals surface area contributed by atoms with E-state index in [1.54, 1.807) is 6.07 Å². The minimum absolute atomic E-state index is 0.101. The Morgan fingerprint density at radius 3 is 3.00 bits per heavy atom. The molecule has 74 valence electrons. The van der Waals surface area contributed by atoms with E-state index in [1.165, 1.54) is 23.9 Å². The molecule has 4 nitrogen and oxygen atoms in total. The average Bonchev–Trinajstić information content (AvgIpc) is 2.16. The van der Waals surface area contributed by atoms with Crippen LogP contribution < -0.4 is 5.32 Å². The van der Waals surface area contributed by atoms with Crippen LogP contribution in [0.5, 0.6) is 0 Å². The first-order valence-corrected chi connectivity index (χ1v) is 5.89. The molecule has 1 aliphatic heterocycles. The van der Waals surface area contributed by atoms with Crippen LogP contribution in [-0.4, -0.2) is 20.4 Å². The molecule has 14 heavy (non-hydrogen) atoms. The number of anilines is 1. The molecule has 1 aliphatic rings. The molecule has 2 rings (SSSR count). The first-order valence-electron chi connectivity index (χ1n) is 3.83. The van der Waals surface area contributed by atoms with Crippen molar-refractivity contribution >= 4 is 34.4 Å². The average molecular weight is 228 g/mol. The summed E-state index contributed by atoms with van der Waals surface area (Å²) in [6.07, 6.45) is 0. The normalized spacial score (nSPS) is 17.1. The quantitative estimate of drug-likeness (QED) is 0.727. The topological polar surface area (TPSA) is 69.2 Å². The van der Waals surface area contributed by atoms with E-state index >= 15 is 0 Å². The summed E-state index contributed by atoms with van der Waals surface area (Å²) in [7, 11) is 0. The summed E-state index contributed by atoms with van der Waals surface area (Å²) in [5, 5.41) is 2.62. The van der Waals surface area contributed by atoms with Crippen LogP contribution in [0.25, 0.3) is 0 Å². The molecule has 0 fully saturated rings. The lowest BCUT2D eigenvalue weighted by atomic mass is 10.3. The van der Waals surface area contributed by atoms with Crippen molar-refractivity contribution in [2.24, 2.45) is 0 Å². The predicted molar refractivity (Wildman–Crippen MR) is 53.0 cm³/mol. The zero-order chi connectivity index (χ0) is 10.1. The van der Waals surface area contributed by atoms with Gasteiger partial charge >= 0.3 is 0 Å². The second-order valence-electron chi connectivity index (χ2n) is 2.73. The van der Waals surface area contributed by atoms with Crippen LogP contribution in [0.3, 0.4) is 0 Å². The van der Waals surface area contributed by atoms with Crippen molar-refractivity contribution < 1.29 is 13.6 Å². The van der Waals surface area contributed by atoms with Crippen molar-refractivity contribution in [3.8, 4) is 0 Å². The van der Waals surface area contributed by atoms with Crippen LogP contribution in [0.1, 0.15) is 0 Å². The highest BCUT2D eigenvalue weighted by atomic mass is 32.2. The van der Waals surface area contributed by atoms with Gasteiger partial charge in [0.25, 0.3) is 0 Å². The molecule has 0 saturated carbocycles. The molecule has 0 aliphatic carbocycles. The number of hydrogen-bond acceptors (Lipinski definition) is 4. The van der Waals surface area contributed by atoms with E-state index < -0.39 is 11.1 Å². The lowest BCUT2D eigenvalue weighted by Gasteiger charge is -2.17. The Morgan fingerprint density at radius 1 is 1.50 bits per heavy atom. The minimum Gasteiger partial charge on any atom is -0.768 e. The molecule has 0 saturated heterocycles. The number of benzene rings is 1. The smallest absolute Gasteiger partial charge is 0.234 e. The van der Waals surface area contributed by atoms with E-state index in [4.69, 9.17) is 0 Å². The summed E-state index contributed by atoms with van der Waals surface area (Å²) in [6.45, 7) is 0. The fourth-order valence-electron chi connectivity index (χ4n) is 1.17. The SMILES string of the molecule is O=C1CSc2ccc(S(=O)[O-])cc2N1. The summed E-state index contributed by atoms with van der Waals surface area (Å²) < 4.78 is 21.3. The molecule has 1 aromatic rings. The Hall–Kier alpha value is -0.850. The van der Waals surface area contributed by atoms with Gasteiger partial charge in [-0.15, -0.1) is 11.8 Å². The zero-order valence-corrected chi connectivity index (χ0v) is 8.61. The largest absolute Gasteiger partial charge is 0.768 e. The molecule has 0 bridgehead atoms. The lowest BCUT2D eigenvalue weighted by Crippen LogP contribution is -2.18. The third-order valence-corrected chi connectivity index (χ3v) is 3.49. The molecule has 1 atom stereocenters. The number of carbonyl (C=O) groups is 1. The lowest BCUT2D eigenvalue weighted by molar-refractivity contribution is -0.113. The maximum Gasteiger partial charge on any atom is 0.234 e. The summed E-state index contributed by atoms with van der Waals surface area (Å²) >= 11 is -0.845. The van der Waals surface area contributed by atoms with Gasteiger partial charge < -0.3 is 9.87 Å². The Kier molecular flexibility index (Phi) is 2.58. The van der Waals surface area contributed by atoms with Gasteiger partial charge in [0.05, 0.1) is 11.4 Å². The van der Waals surface area contributed by atoms with E-state index in [9.17, 15) is 13.6 Å². The number of amides is 1. The third kappa shape index (κ3) is 1.82. The fourth-order valence-corrected chi connectivity index (χ4v) is 2.35. The first kappa shape index (κ1) is 9.70. The second-order valence-corrected chi connectivity index (χ2v) is 4.69. The van der Waals surface area contributed by atoms with Crippen molar-refractivity contribution in [3.05, 3.63) is 18.2 Å². The van der Waals surface area contributed by atoms with E-state index in [2.05, 4.69) is 5.32 Å². The van der Waals surface area contributed by atoms with Gasteiger partial charge in [-0.3, -0.25) is 9.00 Å². The van der Waals surface area contributed by atoms with Gasteiger partial charge in [0, 0.05) is 9.79 Å². The Bertz CT molecular complexity index is 419. The molecule has 1 N–H and O–H groups in total. The number of thioether (sulfide) groups is 1. The number of rotatable bonds is 1. The van der Waals surface area contributed by atoms with E-state index in [0.717, 1.165) is 4.90 Å². The molecular weight excluding hydrogens is 222 g/mol. The fraction of sp³-hybridized carbons (Fsp3) is 0.125. The Labute approximate surface area is 87.4 Å². The van der Waals surface area contributed by atoms with E-state index in [-0.39, 0.29) is 10.8 Å². The van der Waals surface area contributed by atoms with Gasteiger partial charge in [-0.2, -0.15) is 0 Å². The van der Waals surface area contributed by atoms with Crippen LogP contribution in [0.15, 0.2) is 28.0 Å². The third-order valence-electron chi connectivity index (χ3n) is 1.78. The van der Waals surface area contributed by atoms with E-state index in [0.29, 0.717) is 11.4 Å². The van der Waals surface area contributed by atoms with Crippen LogP contribution in [-0.2, 0) is 15.9 Å². The molecular formula is C8H6NO3S2-. The number of carbonyl (C=O) groups excluding carboxylic acids is 1. The van der Waals surface area contributed by atoms with Crippen molar-refractivity contribution in [1.29, 1.82) is 0 Å². The van der Waals surface area contributed by atoms with Crippen molar-refractivity contribution in [2.45, 2.75) is 9.79 Å². The van der Waals surface area contributed by atoms with Gasteiger partial charge in [-0.25, -0.2) is 0 Å². The Balaban J connectivity index is 2.42. The maximum absolute atomic E-state index is 11.0. The van der Waals surface area contributed by atoms with Crippen LogP contribution in [0.2, 0.25) is 0 Å². The van der Waals surface area contributed by atoms with Crippen LogP contribution in [0.4, 0.5) is 5.69 Å². The second kappa shape index (κ2) is 3.72. The van der Waals surface area contributed by atoms with Crippen LogP contribution >= 0.6 is 11.8 Å². The minimum atomic E-state index is -2.25. The van der Waals surface area contributed by atoms with Gasteiger partial charge in [0.2, 0.25) is 5.91 Å². The zero-order valence-electron chi connectivity index (χ0n) is 6.98. The maximum atomic E-state index is 11.0. The summed E-state index contributed by atoms with van der Waals surface area (Å²) in [6, 6.07) is 4.68. The highest BCUT2D eigenvalue weighted by molar-refractivity contribution is 8.00.